The van der Waals surface area contributed by atoms with Gasteiger partial charge < -0.3 is 0 Å². The van der Waals surface area contributed by atoms with E-state index < -0.39 is 0 Å². The lowest BCUT2D eigenvalue weighted by molar-refractivity contribution is -0.126. The van der Waals surface area contributed by atoms with Crippen molar-refractivity contribution in [3.8, 4) is 0 Å². The first-order valence-electron chi connectivity index (χ1n) is 5.73. The van der Waals surface area contributed by atoms with Gasteiger partial charge in [-0.2, -0.15) is 0 Å². The molecule has 0 rings (SSSR count). The Kier molecular flexibility index (Phi) is 7.34. The number of hydrazine groups is 1. The van der Waals surface area contributed by atoms with E-state index in [1.807, 2.05) is 7.05 Å². The van der Waals surface area contributed by atoms with Crippen LogP contribution in [-0.4, -0.2) is 30.4 Å². The number of amides is 1. The number of likely N-dealkylation sites (N-methyl/N-ethyl adjacent to an activating group) is 1. The van der Waals surface area contributed by atoms with Crippen molar-refractivity contribution in [1.29, 1.82) is 0 Å². The normalized spacial score (nSPS) is 13.3. The minimum atomic E-state index is -0.0845. The minimum Gasteiger partial charge on any atom is -0.295 e. The summed E-state index contributed by atoms with van der Waals surface area (Å²) in [5, 5.41) is 0. The number of nitrogens with one attached hydrogen (secondary N) is 1. The molecule has 90 valence electrons. The zero-order valence-corrected chi connectivity index (χ0v) is 10.4. The Labute approximate surface area is 93.2 Å². The Morgan fingerprint density at radius 1 is 1.40 bits per heavy atom. The number of hydrogen-bond donors (Lipinski definition) is 2. The number of carbonyl (C=O) groups is 1. The van der Waals surface area contributed by atoms with Gasteiger partial charge in [0.1, 0.15) is 0 Å². The van der Waals surface area contributed by atoms with Crippen LogP contribution < -0.4 is 11.3 Å². The summed E-state index contributed by atoms with van der Waals surface area (Å²) in [6, 6.07) is -0.0845. The van der Waals surface area contributed by atoms with Crippen molar-refractivity contribution in [2.75, 3.05) is 13.6 Å². The van der Waals surface area contributed by atoms with Gasteiger partial charge in [0.2, 0.25) is 0 Å². The van der Waals surface area contributed by atoms with Gasteiger partial charge in [0, 0.05) is 0 Å². The van der Waals surface area contributed by atoms with E-state index in [9.17, 15) is 4.79 Å². The first-order chi connectivity index (χ1) is 7.02. The van der Waals surface area contributed by atoms with Gasteiger partial charge in [-0.3, -0.25) is 15.1 Å². The zero-order chi connectivity index (χ0) is 11.8. The van der Waals surface area contributed by atoms with Crippen LogP contribution in [0.5, 0.6) is 0 Å². The lowest BCUT2D eigenvalue weighted by atomic mass is 10.1. The third kappa shape index (κ3) is 5.74. The van der Waals surface area contributed by atoms with E-state index in [2.05, 4.69) is 31.1 Å². The minimum absolute atomic E-state index is 0.0805. The first kappa shape index (κ1) is 14.4. The van der Waals surface area contributed by atoms with Crippen LogP contribution >= 0.6 is 0 Å². The molecule has 0 saturated carbocycles. The summed E-state index contributed by atoms with van der Waals surface area (Å²) >= 11 is 0. The van der Waals surface area contributed by atoms with Crippen molar-refractivity contribution in [3.63, 3.8) is 0 Å². The highest BCUT2D eigenvalue weighted by atomic mass is 16.2. The highest BCUT2D eigenvalue weighted by Crippen LogP contribution is 2.08. The van der Waals surface area contributed by atoms with Gasteiger partial charge >= 0.3 is 0 Å². The molecule has 0 aliphatic rings. The van der Waals surface area contributed by atoms with Crippen LogP contribution in [0.25, 0.3) is 0 Å². The van der Waals surface area contributed by atoms with Crippen molar-refractivity contribution >= 4 is 5.91 Å². The van der Waals surface area contributed by atoms with E-state index >= 15 is 0 Å². The van der Waals surface area contributed by atoms with Crippen LogP contribution in [-0.2, 0) is 4.79 Å². The molecule has 1 amide bonds. The van der Waals surface area contributed by atoms with Crippen LogP contribution in [0, 0.1) is 5.92 Å². The Morgan fingerprint density at radius 2 is 2.00 bits per heavy atom. The van der Waals surface area contributed by atoms with Crippen LogP contribution in [0.4, 0.5) is 0 Å². The zero-order valence-electron chi connectivity index (χ0n) is 10.4. The maximum absolute atomic E-state index is 11.5. The quantitative estimate of drug-likeness (QED) is 0.380. The second-order valence-electron chi connectivity index (χ2n) is 4.48. The molecule has 0 bridgehead atoms. The van der Waals surface area contributed by atoms with E-state index in [0.717, 1.165) is 25.8 Å². The van der Waals surface area contributed by atoms with E-state index in [0.29, 0.717) is 5.92 Å². The van der Waals surface area contributed by atoms with Gasteiger partial charge in [-0.05, 0) is 32.4 Å². The molecule has 0 aromatic rings. The topological polar surface area (TPSA) is 58.4 Å². The van der Waals surface area contributed by atoms with Crippen molar-refractivity contribution in [3.05, 3.63) is 0 Å². The highest BCUT2D eigenvalue weighted by Gasteiger charge is 2.21. The predicted octanol–water partition coefficient (Wildman–Crippen LogP) is 1.12. The fraction of sp³-hybridized carbons (Fsp3) is 0.909. The summed E-state index contributed by atoms with van der Waals surface area (Å²) in [5.41, 5.74) is 2.24. The van der Waals surface area contributed by atoms with E-state index in [4.69, 9.17) is 5.84 Å². The molecule has 3 N–H and O–H groups in total. The largest absolute Gasteiger partial charge is 0.295 e. The molecule has 0 aromatic carbocycles. The van der Waals surface area contributed by atoms with Crippen molar-refractivity contribution < 1.29 is 4.79 Å². The molecule has 4 heteroatoms. The number of carbonyl (C=O) groups excluding carboxylic acids is 1. The molecule has 0 aliphatic carbocycles. The average molecular weight is 215 g/mol. The maximum Gasteiger partial charge on any atom is 0.251 e. The fourth-order valence-corrected chi connectivity index (χ4v) is 1.54. The van der Waals surface area contributed by atoms with Gasteiger partial charge in [0.05, 0.1) is 6.04 Å². The third-order valence-corrected chi connectivity index (χ3v) is 2.60. The second kappa shape index (κ2) is 7.65. The molecular formula is C11H25N3O. The molecule has 4 nitrogen and oxygen atoms in total. The van der Waals surface area contributed by atoms with Crippen molar-refractivity contribution in [2.24, 2.45) is 11.8 Å². The summed E-state index contributed by atoms with van der Waals surface area (Å²) in [7, 11) is 1.98. The van der Waals surface area contributed by atoms with Gasteiger partial charge in [0.15, 0.2) is 0 Å². The SMILES string of the molecule is CCCC(C(=O)NN)N(C)CCC(C)C. The number of nitrogens with two attached hydrogens (primary N) is 1. The van der Waals surface area contributed by atoms with Crippen molar-refractivity contribution in [2.45, 2.75) is 46.1 Å². The molecule has 0 fully saturated rings. The molecule has 1 atom stereocenters. The highest BCUT2D eigenvalue weighted by molar-refractivity contribution is 5.81. The molecule has 15 heavy (non-hydrogen) atoms. The molecule has 0 heterocycles. The smallest absolute Gasteiger partial charge is 0.251 e. The van der Waals surface area contributed by atoms with Gasteiger partial charge in [-0.25, -0.2) is 5.84 Å². The summed E-state index contributed by atoms with van der Waals surface area (Å²) in [6.45, 7) is 7.39. The summed E-state index contributed by atoms with van der Waals surface area (Å²) in [5.74, 6) is 5.75. The number of hydrogen-bond acceptors (Lipinski definition) is 3. The lowest BCUT2D eigenvalue weighted by Crippen LogP contribution is -2.48. The fourth-order valence-electron chi connectivity index (χ4n) is 1.54. The summed E-state index contributed by atoms with van der Waals surface area (Å²) in [6.07, 6.45) is 2.95. The van der Waals surface area contributed by atoms with E-state index in [-0.39, 0.29) is 11.9 Å². The van der Waals surface area contributed by atoms with Crippen LogP contribution in [0.1, 0.15) is 40.0 Å². The van der Waals surface area contributed by atoms with Crippen LogP contribution in [0.3, 0.4) is 0 Å². The summed E-state index contributed by atoms with van der Waals surface area (Å²) in [4.78, 5) is 13.6. The number of nitrogens with zero attached hydrogens (tertiary/aromatic N) is 1. The Balaban J connectivity index is 4.15. The Hall–Kier alpha value is -0.610. The standard InChI is InChI=1S/C11H25N3O/c1-5-6-10(11(15)13-12)14(4)8-7-9(2)3/h9-10H,5-8,12H2,1-4H3,(H,13,15). The molecule has 0 radical (unpaired) electrons. The average Bonchev–Trinajstić information content (AvgIpc) is 2.21. The van der Waals surface area contributed by atoms with Gasteiger partial charge in [-0.1, -0.05) is 27.2 Å². The monoisotopic (exact) mass is 215 g/mol. The predicted molar refractivity (Wildman–Crippen MR) is 63.1 cm³/mol. The molecular weight excluding hydrogens is 190 g/mol. The van der Waals surface area contributed by atoms with Crippen LogP contribution in [0.15, 0.2) is 0 Å². The van der Waals surface area contributed by atoms with E-state index in [1.165, 1.54) is 0 Å². The van der Waals surface area contributed by atoms with Crippen LogP contribution in [0.2, 0.25) is 0 Å². The number of rotatable bonds is 7. The second-order valence-corrected chi connectivity index (χ2v) is 4.48. The molecule has 0 aliphatic heterocycles. The van der Waals surface area contributed by atoms with Crippen molar-refractivity contribution in [1.82, 2.24) is 10.3 Å². The molecule has 0 saturated heterocycles. The Morgan fingerprint density at radius 3 is 2.40 bits per heavy atom. The molecule has 1 unspecified atom stereocenters. The van der Waals surface area contributed by atoms with E-state index in [1.54, 1.807) is 0 Å². The Bertz CT molecular complexity index is 183. The molecule has 0 aromatic heterocycles. The summed E-state index contributed by atoms with van der Waals surface area (Å²) < 4.78 is 0. The third-order valence-electron chi connectivity index (χ3n) is 2.60. The lowest BCUT2D eigenvalue weighted by Gasteiger charge is -2.26. The van der Waals surface area contributed by atoms with Gasteiger partial charge in [0.25, 0.3) is 5.91 Å². The maximum atomic E-state index is 11.5. The first-order valence-corrected chi connectivity index (χ1v) is 5.73. The molecule has 0 spiro atoms. The van der Waals surface area contributed by atoms with Gasteiger partial charge in [-0.15, -0.1) is 0 Å².